The zero-order valence-corrected chi connectivity index (χ0v) is 9.93. The molecule has 0 N–H and O–H groups in total. The molecule has 2 heteroatoms. The van der Waals surface area contributed by atoms with E-state index in [1.165, 1.54) is 6.42 Å². The summed E-state index contributed by atoms with van der Waals surface area (Å²) in [5.41, 5.74) is 0.476. The lowest BCUT2D eigenvalue weighted by atomic mass is 9.85. The van der Waals surface area contributed by atoms with Gasteiger partial charge in [-0.15, -0.1) is 0 Å². The molecule has 1 rings (SSSR count). The Kier molecular flexibility index (Phi) is 3.83. The second kappa shape index (κ2) is 4.73. The molecule has 0 spiro atoms. The number of hydrogen-bond donors (Lipinski definition) is 0. The van der Waals surface area contributed by atoms with Crippen molar-refractivity contribution >= 4 is 11.6 Å². The Hall–Kier alpha value is -0.920. The van der Waals surface area contributed by atoms with Crippen LogP contribution in [0.15, 0.2) is 11.6 Å². The highest BCUT2D eigenvalue weighted by Gasteiger charge is 2.25. The minimum atomic E-state index is -0.398. The van der Waals surface area contributed by atoms with Crippen LogP contribution in [-0.4, -0.2) is 11.6 Å². The third-order valence-corrected chi connectivity index (χ3v) is 2.81. The first-order valence-corrected chi connectivity index (χ1v) is 5.67. The Morgan fingerprint density at radius 3 is 2.40 bits per heavy atom. The third kappa shape index (κ3) is 3.61. The minimum absolute atomic E-state index is 0.0367. The summed E-state index contributed by atoms with van der Waals surface area (Å²) in [7, 11) is 0. The molecule has 1 aliphatic carbocycles. The van der Waals surface area contributed by atoms with E-state index in [-0.39, 0.29) is 18.0 Å². The number of carbonyl (C=O) groups excluding carboxylic acids is 2. The fourth-order valence-corrected chi connectivity index (χ4v) is 1.62. The predicted molar refractivity (Wildman–Crippen MR) is 60.6 cm³/mol. The topological polar surface area (TPSA) is 34.1 Å². The van der Waals surface area contributed by atoms with Gasteiger partial charge in [0.05, 0.1) is 6.42 Å². The molecule has 0 amide bonds. The summed E-state index contributed by atoms with van der Waals surface area (Å²) in [5, 5.41) is 0. The van der Waals surface area contributed by atoms with Crippen LogP contribution in [0.2, 0.25) is 0 Å². The number of allylic oxidation sites excluding steroid dienone is 2. The summed E-state index contributed by atoms with van der Waals surface area (Å²) in [6, 6.07) is 0. The van der Waals surface area contributed by atoms with E-state index in [1.54, 1.807) is 0 Å². The van der Waals surface area contributed by atoms with E-state index >= 15 is 0 Å². The molecule has 0 atom stereocenters. The zero-order valence-electron chi connectivity index (χ0n) is 9.93. The summed E-state index contributed by atoms with van der Waals surface area (Å²) in [6.45, 7) is 5.58. The molecule has 0 aromatic rings. The van der Waals surface area contributed by atoms with Gasteiger partial charge in [0.25, 0.3) is 0 Å². The number of carbonyl (C=O) groups is 2. The highest BCUT2D eigenvalue weighted by Crippen LogP contribution is 2.22. The first-order valence-electron chi connectivity index (χ1n) is 5.67. The molecule has 1 aliphatic rings. The van der Waals surface area contributed by atoms with Crippen molar-refractivity contribution in [2.45, 2.75) is 52.9 Å². The van der Waals surface area contributed by atoms with E-state index in [2.05, 4.69) is 0 Å². The molecule has 15 heavy (non-hydrogen) atoms. The molecule has 0 aliphatic heterocycles. The van der Waals surface area contributed by atoms with Crippen molar-refractivity contribution in [2.24, 2.45) is 5.41 Å². The maximum absolute atomic E-state index is 11.8. The fourth-order valence-electron chi connectivity index (χ4n) is 1.62. The lowest BCUT2D eigenvalue weighted by Gasteiger charge is -2.17. The van der Waals surface area contributed by atoms with Gasteiger partial charge in [0.15, 0.2) is 5.78 Å². The average molecular weight is 208 g/mol. The normalized spacial score (nSPS) is 17.1. The highest BCUT2D eigenvalue weighted by molar-refractivity contribution is 6.08. The molecular weight excluding hydrogens is 188 g/mol. The van der Waals surface area contributed by atoms with Crippen molar-refractivity contribution in [3.8, 4) is 0 Å². The molecule has 84 valence electrons. The predicted octanol–water partition coefficient (Wildman–Crippen LogP) is 3.06. The van der Waals surface area contributed by atoms with Crippen molar-refractivity contribution in [3.05, 3.63) is 11.6 Å². The van der Waals surface area contributed by atoms with Crippen LogP contribution < -0.4 is 0 Å². The molecular formula is C13H20O2. The van der Waals surface area contributed by atoms with Crippen LogP contribution in [0.3, 0.4) is 0 Å². The van der Waals surface area contributed by atoms with Gasteiger partial charge in [-0.25, -0.2) is 0 Å². The lowest BCUT2D eigenvalue weighted by Crippen LogP contribution is -2.24. The van der Waals surface area contributed by atoms with Crippen LogP contribution >= 0.6 is 0 Å². The minimum Gasteiger partial charge on any atom is -0.299 e. The number of rotatable bonds is 3. The first kappa shape index (κ1) is 12.2. The smallest absolute Gasteiger partial charge is 0.165 e. The Morgan fingerprint density at radius 1 is 1.27 bits per heavy atom. The summed E-state index contributed by atoms with van der Waals surface area (Å²) >= 11 is 0. The largest absolute Gasteiger partial charge is 0.299 e. The SMILES string of the molecule is CC(C)(C)C(=O)CC(=O)C1=CCCCC1. The van der Waals surface area contributed by atoms with Crippen molar-refractivity contribution < 1.29 is 9.59 Å². The molecule has 0 fully saturated rings. The Labute approximate surface area is 91.7 Å². The fraction of sp³-hybridized carbons (Fsp3) is 0.692. The van der Waals surface area contributed by atoms with Gasteiger partial charge in [-0.2, -0.15) is 0 Å². The Bertz CT molecular complexity index is 292. The van der Waals surface area contributed by atoms with Crippen LogP contribution in [0.5, 0.6) is 0 Å². The molecule has 0 aromatic carbocycles. The van der Waals surface area contributed by atoms with Gasteiger partial charge in [-0.1, -0.05) is 26.8 Å². The average Bonchev–Trinajstić information content (AvgIpc) is 2.17. The Morgan fingerprint density at radius 2 is 1.93 bits per heavy atom. The second-order valence-electron chi connectivity index (χ2n) is 5.25. The highest BCUT2D eigenvalue weighted by atomic mass is 16.1. The third-order valence-electron chi connectivity index (χ3n) is 2.81. The van der Waals surface area contributed by atoms with Crippen LogP contribution in [0, 0.1) is 5.41 Å². The summed E-state index contributed by atoms with van der Waals surface area (Å²) in [5.74, 6) is 0.0774. The van der Waals surface area contributed by atoms with Crippen LogP contribution in [0.1, 0.15) is 52.9 Å². The summed E-state index contributed by atoms with van der Waals surface area (Å²) in [6.07, 6.45) is 6.18. The number of Topliss-reactive ketones (excluding diaryl/α,β-unsaturated/α-hetero) is 2. The molecule has 0 saturated heterocycles. The van der Waals surface area contributed by atoms with Gasteiger partial charge in [0.1, 0.15) is 5.78 Å². The van der Waals surface area contributed by atoms with Crippen molar-refractivity contribution in [2.75, 3.05) is 0 Å². The monoisotopic (exact) mass is 208 g/mol. The maximum atomic E-state index is 11.8. The molecule has 0 heterocycles. The molecule has 2 nitrogen and oxygen atoms in total. The van der Waals surface area contributed by atoms with Gasteiger partial charge in [-0.05, 0) is 31.3 Å². The molecule has 0 bridgehead atoms. The summed E-state index contributed by atoms with van der Waals surface area (Å²) < 4.78 is 0. The summed E-state index contributed by atoms with van der Waals surface area (Å²) in [4.78, 5) is 23.4. The van der Waals surface area contributed by atoms with Crippen LogP contribution in [-0.2, 0) is 9.59 Å². The number of ketones is 2. The van der Waals surface area contributed by atoms with E-state index in [1.807, 2.05) is 26.8 Å². The molecule has 0 unspecified atom stereocenters. The first-order chi connectivity index (χ1) is 6.91. The lowest BCUT2D eigenvalue weighted by molar-refractivity contribution is -0.130. The molecule has 0 saturated carbocycles. The van der Waals surface area contributed by atoms with Gasteiger partial charge < -0.3 is 0 Å². The zero-order chi connectivity index (χ0) is 11.5. The van der Waals surface area contributed by atoms with Gasteiger partial charge >= 0.3 is 0 Å². The van der Waals surface area contributed by atoms with Crippen molar-refractivity contribution in [1.82, 2.24) is 0 Å². The molecule has 0 radical (unpaired) electrons. The second-order valence-corrected chi connectivity index (χ2v) is 5.25. The van der Waals surface area contributed by atoms with E-state index in [0.717, 1.165) is 24.8 Å². The Balaban J connectivity index is 2.56. The quantitative estimate of drug-likeness (QED) is 0.668. The van der Waals surface area contributed by atoms with E-state index in [9.17, 15) is 9.59 Å². The maximum Gasteiger partial charge on any atom is 0.165 e. The van der Waals surface area contributed by atoms with Crippen LogP contribution in [0.25, 0.3) is 0 Å². The van der Waals surface area contributed by atoms with Gasteiger partial charge in [0.2, 0.25) is 0 Å². The van der Waals surface area contributed by atoms with E-state index < -0.39 is 5.41 Å². The van der Waals surface area contributed by atoms with E-state index in [4.69, 9.17) is 0 Å². The van der Waals surface area contributed by atoms with Gasteiger partial charge in [0, 0.05) is 5.41 Å². The molecule has 0 aromatic heterocycles. The number of hydrogen-bond acceptors (Lipinski definition) is 2. The van der Waals surface area contributed by atoms with Crippen molar-refractivity contribution in [1.29, 1.82) is 0 Å². The van der Waals surface area contributed by atoms with Crippen LogP contribution in [0.4, 0.5) is 0 Å². The van der Waals surface area contributed by atoms with Crippen molar-refractivity contribution in [3.63, 3.8) is 0 Å². The standard InChI is InChI=1S/C13H20O2/c1-13(2,3)12(15)9-11(14)10-7-5-4-6-8-10/h7H,4-6,8-9H2,1-3H3. The van der Waals surface area contributed by atoms with E-state index in [0.29, 0.717) is 0 Å². The van der Waals surface area contributed by atoms with Gasteiger partial charge in [-0.3, -0.25) is 9.59 Å².